The molecule has 0 spiro atoms. The summed E-state index contributed by atoms with van der Waals surface area (Å²) in [5.74, 6) is 0.0193. The van der Waals surface area contributed by atoms with E-state index in [1.807, 2.05) is 28.9 Å². The maximum absolute atomic E-state index is 12.0. The number of carbonyl (C=O) groups is 1. The molecule has 0 unspecified atom stereocenters. The molecule has 3 heterocycles. The number of hydrogen-bond acceptors (Lipinski definition) is 4. The summed E-state index contributed by atoms with van der Waals surface area (Å²) in [6.45, 7) is 2.05. The number of nitrogens with one attached hydrogen (secondary N) is 2. The molecule has 1 aliphatic heterocycles. The Morgan fingerprint density at radius 3 is 3.20 bits per heavy atom. The fraction of sp³-hybridized carbons (Fsp3) is 0.357. The van der Waals surface area contributed by atoms with Crippen molar-refractivity contribution in [3.8, 4) is 0 Å². The number of nitrogens with zero attached hydrogens (tertiary/aromatic N) is 3. The largest absolute Gasteiger partial charge is 0.350 e. The second-order valence-electron chi connectivity index (χ2n) is 4.85. The van der Waals surface area contributed by atoms with Gasteiger partial charge in [-0.05, 0) is 18.2 Å². The van der Waals surface area contributed by atoms with Crippen molar-refractivity contribution in [3.63, 3.8) is 0 Å². The molecule has 0 fully saturated rings. The van der Waals surface area contributed by atoms with Crippen LogP contribution in [0.25, 0.3) is 0 Å². The molecule has 0 bridgehead atoms. The van der Waals surface area contributed by atoms with E-state index in [4.69, 9.17) is 0 Å². The normalized spacial score (nSPS) is 17.5. The molecule has 2 aromatic rings. The van der Waals surface area contributed by atoms with Crippen molar-refractivity contribution < 1.29 is 4.79 Å². The second kappa shape index (κ2) is 5.83. The zero-order valence-corrected chi connectivity index (χ0v) is 11.1. The predicted octanol–water partition coefficient (Wildman–Crippen LogP) is 0.629. The molecule has 1 amide bonds. The minimum absolute atomic E-state index is 0.0193. The molecule has 3 rings (SSSR count). The third-order valence-corrected chi connectivity index (χ3v) is 3.40. The van der Waals surface area contributed by atoms with Crippen LogP contribution < -0.4 is 10.6 Å². The summed E-state index contributed by atoms with van der Waals surface area (Å²) in [6.07, 6.45) is 3.93. The van der Waals surface area contributed by atoms with Gasteiger partial charge in [0.25, 0.3) is 0 Å². The van der Waals surface area contributed by atoms with Gasteiger partial charge in [0.2, 0.25) is 5.91 Å². The summed E-state index contributed by atoms with van der Waals surface area (Å²) in [4.78, 5) is 16.2. The van der Waals surface area contributed by atoms with Gasteiger partial charge in [0.15, 0.2) is 0 Å². The highest BCUT2D eigenvalue weighted by molar-refractivity contribution is 5.76. The van der Waals surface area contributed by atoms with Crippen LogP contribution in [0.2, 0.25) is 0 Å². The van der Waals surface area contributed by atoms with Gasteiger partial charge in [-0.2, -0.15) is 5.10 Å². The topological polar surface area (TPSA) is 71.8 Å². The van der Waals surface area contributed by atoms with Gasteiger partial charge in [-0.3, -0.25) is 14.5 Å². The molecule has 2 N–H and O–H groups in total. The summed E-state index contributed by atoms with van der Waals surface area (Å²) in [5.41, 5.74) is 1.99. The SMILES string of the molecule is O=C(C[C@H]1CNCc2ccnn21)NCc1ccccn1. The molecule has 1 aliphatic rings. The van der Waals surface area contributed by atoms with Gasteiger partial charge in [0, 0.05) is 25.5 Å². The molecular weight excluding hydrogens is 254 g/mol. The van der Waals surface area contributed by atoms with Gasteiger partial charge in [-0.1, -0.05) is 6.07 Å². The van der Waals surface area contributed by atoms with Crippen molar-refractivity contribution in [2.75, 3.05) is 6.54 Å². The Morgan fingerprint density at radius 1 is 1.40 bits per heavy atom. The highest BCUT2D eigenvalue weighted by Gasteiger charge is 2.22. The molecule has 0 saturated heterocycles. The van der Waals surface area contributed by atoms with Crippen LogP contribution in [0, 0.1) is 0 Å². The maximum Gasteiger partial charge on any atom is 0.222 e. The number of pyridine rings is 1. The van der Waals surface area contributed by atoms with E-state index in [9.17, 15) is 4.79 Å². The van der Waals surface area contributed by atoms with Gasteiger partial charge in [-0.15, -0.1) is 0 Å². The first-order valence-corrected chi connectivity index (χ1v) is 6.72. The van der Waals surface area contributed by atoms with E-state index in [2.05, 4.69) is 20.7 Å². The van der Waals surface area contributed by atoms with Crippen LogP contribution in [-0.4, -0.2) is 27.2 Å². The number of carbonyl (C=O) groups excluding carboxylic acids is 1. The number of hydrogen-bond donors (Lipinski definition) is 2. The summed E-state index contributed by atoms with van der Waals surface area (Å²) in [7, 11) is 0. The predicted molar refractivity (Wildman–Crippen MR) is 73.7 cm³/mol. The lowest BCUT2D eigenvalue weighted by molar-refractivity contribution is -0.122. The number of fused-ring (bicyclic) bond motifs is 1. The second-order valence-corrected chi connectivity index (χ2v) is 4.85. The summed E-state index contributed by atoms with van der Waals surface area (Å²) in [6, 6.07) is 7.73. The van der Waals surface area contributed by atoms with Crippen molar-refractivity contribution in [3.05, 3.63) is 48.0 Å². The lowest BCUT2D eigenvalue weighted by atomic mass is 10.1. The highest BCUT2D eigenvalue weighted by Crippen LogP contribution is 2.17. The van der Waals surface area contributed by atoms with Crippen LogP contribution in [0.3, 0.4) is 0 Å². The minimum atomic E-state index is 0.0193. The molecule has 0 aliphatic carbocycles. The minimum Gasteiger partial charge on any atom is -0.350 e. The average molecular weight is 271 g/mol. The lowest BCUT2D eigenvalue weighted by Crippen LogP contribution is -2.37. The Bertz CT molecular complexity index is 580. The quantitative estimate of drug-likeness (QED) is 0.855. The van der Waals surface area contributed by atoms with E-state index in [1.165, 1.54) is 0 Å². The van der Waals surface area contributed by atoms with Gasteiger partial charge in [0.1, 0.15) is 0 Å². The Kier molecular flexibility index (Phi) is 3.73. The average Bonchev–Trinajstić information content (AvgIpc) is 2.96. The van der Waals surface area contributed by atoms with Gasteiger partial charge in [-0.25, -0.2) is 0 Å². The summed E-state index contributed by atoms with van der Waals surface area (Å²) < 4.78 is 1.94. The summed E-state index contributed by atoms with van der Waals surface area (Å²) >= 11 is 0. The van der Waals surface area contributed by atoms with Gasteiger partial charge < -0.3 is 10.6 Å². The van der Waals surface area contributed by atoms with Crippen molar-refractivity contribution in [1.29, 1.82) is 0 Å². The van der Waals surface area contributed by atoms with E-state index in [0.29, 0.717) is 13.0 Å². The molecule has 0 radical (unpaired) electrons. The van der Waals surface area contributed by atoms with E-state index in [0.717, 1.165) is 24.5 Å². The monoisotopic (exact) mass is 271 g/mol. The molecule has 6 heteroatoms. The van der Waals surface area contributed by atoms with E-state index >= 15 is 0 Å². The first kappa shape index (κ1) is 12.8. The van der Waals surface area contributed by atoms with Crippen molar-refractivity contribution in [2.45, 2.75) is 25.6 Å². The van der Waals surface area contributed by atoms with Crippen LogP contribution in [0.5, 0.6) is 0 Å². The molecule has 6 nitrogen and oxygen atoms in total. The van der Waals surface area contributed by atoms with Crippen LogP contribution in [0.4, 0.5) is 0 Å². The highest BCUT2D eigenvalue weighted by atomic mass is 16.1. The maximum atomic E-state index is 12.0. The zero-order chi connectivity index (χ0) is 13.8. The van der Waals surface area contributed by atoms with E-state index in [1.54, 1.807) is 12.4 Å². The third kappa shape index (κ3) is 2.85. The van der Waals surface area contributed by atoms with Gasteiger partial charge in [0.05, 0.1) is 30.4 Å². The van der Waals surface area contributed by atoms with E-state index < -0.39 is 0 Å². The number of aromatic nitrogens is 3. The van der Waals surface area contributed by atoms with Crippen molar-refractivity contribution in [1.82, 2.24) is 25.4 Å². The molecule has 2 aromatic heterocycles. The molecule has 1 atom stereocenters. The van der Waals surface area contributed by atoms with Crippen LogP contribution >= 0.6 is 0 Å². The number of amides is 1. The van der Waals surface area contributed by atoms with Crippen LogP contribution in [-0.2, 0) is 17.9 Å². The van der Waals surface area contributed by atoms with Crippen molar-refractivity contribution in [2.24, 2.45) is 0 Å². The molecule has 0 saturated carbocycles. The Hall–Kier alpha value is -2.21. The Labute approximate surface area is 117 Å². The summed E-state index contributed by atoms with van der Waals surface area (Å²) in [5, 5.41) is 10.5. The molecule has 20 heavy (non-hydrogen) atoms. The standard InChI is InChI=1S/C14H17N5O/c20-14(17-8-11-3-1-2-5-16-11)7-13-10-15-9-12-4-6-18-19(12)13/h1-6,13,15H,7-10H2,(H,17,20)/t13-/m0/s1. The van der Waals surface area contributed by atoms with Crippen LogP contribution in [0.15, 0.2) is 36.7 Å². The molecule has 0 aromatic carbocycles. The first-order valence-electron chi connectivity index (χ1n) is 6.72. The van der Waals surface area contributed by atoms with Gasteiger partial charge >= 0.3 is 0 Å². The first-order chi connectivity index (χ1) is 9.83. The third-order valence-electron chi connectivity index (χ3n) is 3.40. The zero-order valence-electron chi connectivity index (χ0n) is 11.1. The molecule has 104 valence electrons. The van der Waals surface area contributed by atoms with Crippen molar-refractivity contribution >= 4 is 5.91 Å². The van der Waals surface area contributed by atoms with E-state index in [-0.39, 0.29) is 11.9 Å². The Morgan fingerprint density at radius 2 is 2.35 bits per heavy atom. The fourth-order valence-corrected chi connectivity index (χ4v) is 2.40. The molecular formula is C14H17N5O. The smallest absolute Gasteiger partial charge is 0.222 e. The fourth-order valence-electron chi connectivity index (χ4n) is 2.40. The lowest BCUT2D eigenvalue weighted by Gasteiger charge is -2.25. The number of rotatable bonds is 4. The van der Waals surface area contributed by atoms with Crippen LogP contribution in [0.1, 0.15) is 23.9 Å². The Balaban J connectivity index is 1.55.